The number of amides is 1. The maximum absolute atomic E-state index is 11.0. The van der Waals surface area contributed by atoms with Crippen LogP contribution in [0, 0.1) is 0 Å². The third-order valence-electron chi connectivity index (χ3n) is 2.53. The molecule has 0 radical (unpaired) electrons. The highest BCUT2D eigenvalue weighted by Crippen LogP contribution is 2.10. The average molecular weight is 246 g/mol. The van der Waals surface area contributed by atoms with Crippen LogP contribution in [0.15, 0.2) is 24.3 Å². The largest absolute Gasteiger partial charge is 0.366 e. The van der Waals surface area contributed by atoms with Crippen LogP contribution in [-0.4, -0.2) is 32.7 Å². The summed E-state index contributed by atoms with van der Waals surface area (Å²) in [5.74, 6) is 0.286. The number of carbonyl (C=O) groups is 1. The quantitative estimate of drug-likeness (QED) is 0.748. The van der Waals surface area contributed by atoms with E-state index in [0.717, 1.165) is 17.9 Å². The zero-order chi connectivity index (χ0) is 13.0. The lowest BCUT2D eigenvalue weighted by Crippen LogP contribution is -2.11. The highest BCUT2D eigenvalue weighted by molar-refractivity contribution is 5.92. The second-order valence-electron chi connectivity index (χ2n) is 3.81. The molecule has 0 saturated carbocycles. The predicted octanol–water partition coefficient (Wildman–Crippen LogP) is -0.347. The van der Waals surface area contributed by atoms with Crippen molar-refractivity contribution in [2.75, 3.05) is 6.54 Å². The van der Waals surface area contributed by atoms with Crippen LogP contribution in [0.3, 0.4) is 0 Å². The first-order valence-electron chi connectivity index (χ1n) is 5.60. The second-order valence-corrected chi connectivity index (χ2v) is 3.81. The molecule has 0 saturated heterocycles. The molecule has 0 aliphatic carbocycles. The molecule has 0 unspecified atom stereocenters. The Morgan fingerprint density at radius 2 is 2.00 bits per heavy atom. The van der Waals surface area contributed by atoms with Crippen molar-refractivity contribution in [2.45, 2.75) is 12.8 Å². The van der Waals surface area contributed by atoms with Gasteiger partial charge in [-0.3, -0.25) is 4.79 Å². The molecule has 0 aliphatic heterocycles. The standard InChI is InChI=1S/C11H14N6O/c12-7-1-2-10-14-15-16-17(10)9-5-3-8(4-6-9)11(13)18/h3-6H,1-2,7,12H2,(H2,13,18). The lowest BCUT2D eigenvalue weighted by Gasteiger charge is -2.04. The molecule has 94 valence electrons. The maximum Gasteiger partial charge on any atom is 0.248 e. The Kier molecular flexibility index (Phi) is 3.63. The van der Waals surface area contributed by atoms with E-state index in [1.54, 1.807) is 28.9 Å². The van der Waals surface area contributed by atoms with Crippen molar-refractivity contribution in [2.24, 2.45) is 11.5 Å². The van der Waals surface area contributed by atoms with Gasteiger partial charge in [0, 0.05) is 12.0 Å². The first-order valence-corrected chi connectivity index (χ1v) is 5.60. The molecule has 0 aliphatic rings. The van der Waals surface area contributed by atoms with Gasteiger partial charge in [-0.25, -0.2) is 0 Å². The molecule has 4 N–H and O–H groups in total. The van der Waals surface area contributed by atoms with E-state index in [0.29, 0.717) is 18.5 Å². The van der Waals surface area contributed by atoms with E-state index in [4.69, 9.17) is 11.5 Å². The first kappa shape index (κ1) is 12.2. The summed E-state index contributed by atoms with van der Waals surface area (Å²) in [5, 5.41) is 11.5. The number of rotatable bonds is 5. The number of hydrogen-bond donors (Lipinski definition) is 2. The molecule has 2 rings (SSSR count). The zero-order valence-electron chi connectivity index (χ0n) is 9.78. The molecule has 7 nitrogen and oxygen atoms in total. The van der Waals surface area contributed by atoms with Crippen LogP contribution < -0.4 is 11.5 Å². The minimum Gasteiger partial charge on any atom is -0.366 e. The molecule has 0 atom stereocenters. The van der Waals surface area contributed by atoms with E-state index < -0.39 is 5.91 Å². The highest BCUT2D eigenvalue weighted by atomic mass is 16.1. The van der Waals surface area contributed by atoms with Crippen LogP contribution in [0.25, 0.3) is 5.69 Å². The van der Waals surface area contributed by atoms with Gasteiger partial charge < -0.3 is 11.5 Å². The second kappa shape index (κ2) is 5.37. The average Bonchev–Trinajstić information content (AvgIpc) is 2.84. The van der Waals surface area contributed by atoms with E-state index in [-0.39, 0.29) is 0 Å². The van der Waals surface area contributed by atoms with Crippen molar-refractivity contribution >= 4 is 5.91 Å². The van der Waals surface area contributed by atoms with Gasteiger partial charge in [0.15, 0.2) is 5.82 Å². The summed E-state index contributed by atoms with van der Waals surface area (Å²) in [4.78, 5) is 11.0. The Hall–Kier alpha value is -2.28. The van der Waals surface area contributed by atoms with Crippen molar-refractivity contribution in [3.63, 3.8) is 0 Å². The van der Waals surface area contributed by atoms with Gasteiger partial charge in [-0.05, 0) is 47.7 Å². The monoisotopic (exact) mass is 246 g/mol. The van der Waals surface area contributed by atoms with Gasteiger partial charge in [-0.1, -0.05) is 0 Å². The lowest BCUT2D eigenvalue weighted by molar-refractivity contribution is 0.100. The molecule has 1 amide bonds. The summed E-state index contributed by atoms with van der Waals surface area (Å²) in [7, 11) is 0. The maximum atomic E-state index is 11.0. The topological polar surface area (TPSA) is 113 Å². The molecule has 18 heavy (non-hydrogen) atoms. The number of aromatic nitrogens is 4. The Bertz CT molecular complexity index is 533. The minimum atomic E-state index is -0.457. The van der Waals surface area contributed by atoms with Crippen molar-refractivity contribution in [3.05, 3.63) is 35.7 Å². The van der Waals surface area contributed by atoms with Gasteiger partial charge in [0.1, 0.15) is 0 Å². The van der Waals surface area contributed by atoms with Gasteiger partial charge in [0.2, 0.25) is 5.91 Å². The van der Waals surface area contributed by atoms with Gasteiger partial charge in [0.25, 0.3) is 0 Å². The normalized spacial score (nSPS) is 10.5. The number of aryl methyl sites for hydroxylation is 1. The summed E-state index contributed by atoms with van der Waals surface area (Å²) in [6.07, 6.45) is 1.53. The smallest absolute Gasteiger partial charge is 0.248 e. The van der Waals surface area contributed by atoms with E-state index in [1.165, 1.54) is 0 Å². The van der Waals surface area contributed by atoms with E-state index in [2.05, 4.69) is 15.5 Å². The summed E-state index contributed by atoms with van der Waals surface area (Å²) in [6, 6.07) is 6.79. The van der Waals surface area contributed by atoms with Crippen LogP contribution in [0.4, 0.5) is 0 Å². The fraction of sp³-hybridized carbons (Fsp3) is 0.273. The Balaban J connectivity index is 2.25. The van der Waals surface area contributed by atoms with Crippen LogP contribution >= 0.6 is 0 Å². The number of tetrazole rings is 1. The molecular weight excluding hydrogens is 232 g/mol. The molecule has 0 spiro atoms. The summed E-state index contributed by atoms with van der Waals surface area (Å²) in [5.41, 5.74) is 11.9. The first-order chi connectivity index (χ1) is 8.72. The molecule has 1 aromatic carbocycles. The molecule has 0 bridgehead atoms. The Morgan fingerprint density at radius 1 is 1.28 bits per heavy atom. The van der Waals surface area contributed by atoms with Crippen LogP contribution in [0.1, 0.15) is 22.6 Å². The highest BCUT2D eigenvalue weighted by Gasteiger charge is 2.08. The van der Waals surface area contributed by atoms with Gasteiger partial charge in [-0.2, -0.15) is 4.68 Å². The van der Waals surface area contributed by atoms with Crippen LogP contribution in [-0.2, 0) is 6.42 Å². The molecule has 2 aromatic rings. The molecule has 7 heteroatoms. The van der Waals surface area contributed by atoms with Crippen molar-refractivity contribution in [3.8, 4) is 5.69 Å². The number of nitrogens with two attached hydrogens (primary N) is 2. The fourth-order valence-electron chi connectivity index (χ4n) is 1.59. The third kappa shape index (κ3) is 2.51. The minimum absolute atomic E-state index is 0.454. The molecule has 1 heterocycles. The zero-order valence-corrected chi connectivity index (χ0v) is 9.78. The Labute approximate surface area is 104 Å². The fourth-order valence-corrected chi connectivity index (χ4v) is 1.59. The van der Waals surface area contributed by atoms with Crippen molar-refractivity contribution < 1.29 is 4.79 Å². The summed E-state index contributed by atoms with van der Waals surface area (Å²) in [6.45, 7) is 0.591. The van der Waals surface area contributed by atoms with Gasteiger partial charge >= 0.3 is 0 Å². The van der Waals surface area contributed by atoms with Crippen LogP contribution in [0.2, 0.25) is 0 Å². The number of benzene rings is 1. The molecule has 1 aromatic heterocycles. The number of carbonyl (C=O) groups excluding carboxylic acids is 1. The number of primary amides is 1. The lowest BCUT2D eigenvalue weighted by atomic mass is 10.2. The third-order valence-corrected chi connectivity index (χ3v) is 2.53. The summed E-state index contributed by atoms with van der Waals surface area (Å²) < 4.78 is 1.63. The van der Waals surface area contributed by atoms with Gasteiger partial charge in [-0.15, -0.1) is 5.10 Å². The molecule has 0 fully saturated rings. The van der Waals surface area contributed by atoms with Crippen molar-refractivity contribution in [1.29, 1.82) is 0 Å². The Morgan fingerprint density at radius 3 is 2.61 bits per heavy atom. The van der Waals surface area contributed by atoms with E-state index in [1.807, 2.05) is 0 Å². The van der Waals surface area contributed by atoms with E-state index in [9.17, 15) is 4.79 Å². The SMILES string of the molecule is NCCCc1nnnn1-c1ccc(C(N)=O)cc1. The van der Waals surface area contributed by atoms with E-state index >= 15 is 0 Å². The predicted molar refractivity (Wildman–Crippen MR) is 65.0 cm³/mol. The summed E-state index contributed by atoms with van der Waals surface area (Å²) >= 11 is 0. The number of nitrogens with zero attached hydrogens (tertiary/aromatic N) is 4. The van der Waals surface area contributed by atoms with Crippen molar-refractivity contribution in [1.82, 2.24) is 20.2 Å². The number of hydrogen-bond acceptors (Lipinski definition) is 5. The van der Waals surface area contributed by atoms with Gasteiger partial charge in [0.05, 0.1) is 5.69 Å². The molecular formula is C11H14N6O. The van der Waals surface area contributed by atoms with Crippen LogP contribution in [0.5, 0.6) is 0 Å².